The van der Waals surface area contributed by atoms with E-state index in [9.17, 15) is 44.4 Å². The predicted octanol–water partition coefficient (Wildman–Crippen LogP) is 3.27. The number of carbonyl (C=O) groups excluding carboxylic acids is 3. The maximum Gasteiger partial charge on any atom is 0.348 e. The number of aliphatic carboxylic acids is 2. The van der Waals surface area contributed by atoms with Crippen molar-refractivity contribution in [2.75, 3.05) is 0 Å². The number of aryl methyl sites for hydroxylation is 2. The van der Waals surface area contributed by atoms with Gasteiger partial charge in [-0.15, -0.1) is 0 Å². The number of nitrogens with zero attached hydrogens (tertiary/aromatic N) is 2. The highest BCUT2D eigenvalue weighted by atomic mass is 16.5. The Morgan fingerprint density at radius 2 is 1.30 bits per heavy atom. The smallest absolute Gasteiger partial charge is 0.348 e. The molecule has 12 nitrogen and oxygen atoms in total. The van der Waals surface area contributed by atoms with Crippen LogP contribution in [0.3, 0.4) is 0 Å². The molecular formula is C35H31N3O9. The monoisotopic (exact) mass is 637 g/mol. The van der Waals surface area contributed by atoms with Crippen LogP contribution >= 0.6 is 0 Å². The molecule has 47 heavy (non-hydrogen) atoms. The Balaban J connectivity index is 0.000000188. The Morgan fingerprint density at radius 1 is 0.787 bits per heavy atom. The van der Waals surface area contributed by atoms with Gasteiger partial charge in [0, 0.05) is 52.4 Å². The number of aromatic nitrogens is 3. The molecule has 12 heteroatoms. The summed E-state index contributed by atoms with van der Waals surface area (Å²) in [7, 11) is 1.99. The summed E-state index contributed by atoms with van der Waals surface area (Å²) in [4.78, 5) is 68.9. The summed E-state index contributed by atoms with van der Waals surface area (Å²) in [6.45, 7) is 0. The molecule has 6 rings (SSSR count). The fraction of sp³-hybridized carbons (Fsp3) is 0.200. The van der Waals surface area contributed by atoms with Gasteiger partial charge in [-0.1, -0.05) is 78.9 Å². The Morgan fingerprint density at radius 3 is 1.83 bits per heavy atom. The molecule has 3 aromatic carbocycles. The van der Waals surface area contributed by atoms with Crippen molar-refractivity contribution < 1.29 is 44.4 Å². The molecule has 0 saturated heterocycles. The lowest BCUT2D eigenvalue weighted by atomic mass is 9.73. The number of aliphatic hydroxyl groups is 2. The van der Waals surface area contributed by atoms with E-state index in [4.69, 9.17) is 0 Å². The zero-order valence-electron chi connectivity index (χ0n) is 25.2. The third-order valence-corrected chi connectivity index (χ3v) is 8.39. The molecule has 0 fully saturated rings. The summed E-state index contributed by atoms with van der Waals surface area (Å²) >= 11 is 0. The topological polar surface area (TPSA) is 200 Å². The molecule has 2 heterocycles. The number of imidazole rings is 1. The Kier molecular flexibility index (Phi) is 9.00. The number of hydrogen-bond donors (Lipinski definition) is 5. The van der Waals surface area contributed by atoms with Crippen molar-refractivity contribution in [2.24, 2.45) is 13.0 Å². The van der Waals surface area contributed by atoms with E-state index in [1.54, 1.807) is 6.33 Å². The second kappa shape index (κ2) is 12.9. The minimum absolute atomic E-state index is 0.0590. The fourth-order valence-corrected chi connectivity index (χ4v) is 5.81. The van der Waals surface area contributed by atoms with Gasteiger partial charge in [0.25, 0.3) is 11.2 Å². The highest BCUT2D eigenvalue weighted by molar-refractivity contribution is 6.28. The summed E-state index contributed by atoms with van der Waals surface area (Å²) < 4.78 is 2.03. The number of H-pyrrole nitrogens is 1. The third kappa shape index (κ3) is 5.75. The number of Topliss-reactive ketones (excluding diaryl/α,β-unsaturated/α-hetero) is 3. The van der Waals surface area contributed by atoms with E-state index in [1.165, 1.54) is 36.4 Å². The van der Waals surface area contributed by atoms with Gasteiger partial charge in [-0.05, 0) is 25.3 Å². The highest BCUT2D eigenvalue weighted by Crippen LogP contribution is 2.32. The van der Waals surface area contributed by atoms with Crippen molar-refractivity contribution in [1.29, 1.82) is 0 Å². The molecule has 2 unspecified atom stereocenters. The largest absolute Gasteiger partial charge is 0.479 e. The predicted molar refractivity (Wildman–Crippen MR) is 168 cm³/mol. The van der Waals surface area contributed by atoms with Crippen LogP contribution in [-0.4, -0.2) is 75.5 Å². The SMILES string of the molecule is Cn1cc(C(=O)[C@H]2CCc3nc[nH]c3C2)c2ccccc21.O=C(O)C(O)(C(=O)c1ccccc1)C(O)(C(=O)O)C(=O)c1ccccc1. The number of para-hydroxylation sites is 1. The van der Waals surface area contributed by atoms with Crippen LogP contribution in [0.15, 0.2) is 97.5 Å². The number of hydrogen-bond acceptors (Lipinski definition) is 8. The van der Waals surface area contributed by atoms with Crippen LogP contribution in [0.4, 0.5) is 0 Å². The highest BCUT2D eigenvalue weighted by Gasteiger charge is 2.69. The van der Waals surface area contributed by atoms with E-state index in [-0.39, 0.29) is 11.7 Å². The summed E-state index contributed by atoms with van der Waals surface area (Å²) in [5.74, 6) is -7.71. The van der Waals surface area contributed by atoms with Crippen LogP contribution in [-0.2, 0) is 29.5 Å². The lowest BCUT2D eigenvalue weighted by Gasteiger charge is -2.34. The minimum Gasteiger partial charge on any atom is -0.479 e. The summed E-state index contributed by atoms with van der Waals surface area (Å²) in [5.41, 5.74) is -4.48. The number of rotatable bonds is 9. The molecule has 2 aromatic heterocycles. The van der Waals surface area contributed by atoms with E-state index in [0.717, 1.165) is 71.4 Å². The lowest BCUT2D eigenvalue weighted by Crippen LogP contribution is -2.71. The molecule has 0 saturated carbocycles. The fourth-order valence-electron chi connectivity index (χ4n) is 5.81. The van der Waals surface area contributed by atoms with Gasteiger partial charge in [-0.2, -0.15) is 0 Å². The summed E-state index contributed by atoms with van der Waals surface area (Å²) in [5, 5.41) is 40.9. The minimum atomic E-state index is -3.95. The van der Waals surface area contributed by atoms with Crippen LogP contribution in [0, 0.1) is 5.92 Å². The standard InChI is InChI=1S/C18H14O8.C17H17N3O/c19-13(11-7-3-1-4-8-11)17(25,15(21)22)18(26,16(23)24)14(20)12-9-5-2-6-10-12;1-20-9-13(12-4-2-3-5-16(12)20)17(21)11-6-7-14-15(8-11)19-10-18-14/h1-10,25-26H,(H,21,22)(H,23,24);2-5,9-11H,6-8H2,1H3,(H,18,19)/t;11-/m.0/s1. The Bertz CT molecular complexity index is 1910. The summed E-state index contributed by atoms with van der Waals surface area (Å²) in [6, 6.07) is 20.9. The van der Waals surface area contributed by atoms with Crippen LogP contribution in [0.5, 0.6) is 0 Å². The first-order chi connectivity index (χ1) is 22.4. The van der Waals surface area contributed by atoms with Crippen molar-refractivity contribution in [3.05, 3.63) is 126 Å². The van der Waals surface area contributed by atoms with Gasteiger partial charge in [0.15, 0.2) is 5.78 Å². The maximum absolute atomic E-state index is 12.9. The van der Waals surface area contributed by atoms with Gasteiger partial charge >= 0.3 is 11.9 Å². The molecule has 0 spiro atoms. The molecule has 240 valence electrons. The first-order valence-electron chi connectivity index (χ1n) is 14.6. The van der Waals surface area contributed by atoms with Crippen molar-refractivity contribution >= 4 is 40.2 Å². The van der Waals surface area contributed by atoms with E-state index >= 15 is 0 Å². The Hall–Kier alpha value is -5.72. The molecule has 0 aliphatic heterocycles. The van der Waals surface area contributed by atoms with E-state index in [1.807, 2.05) is 36.0 Å². The number of ketones is 3. The second-order valence-electron chi connectivity index (χ2n) is 11.2. The summed E-state index contributed by atoms with van der Waals surface area (Å²) in [6.07, 6.45) is 6.25. The van der Waals surface area contributed by atoms with Crippen LogP contribution in [0.1, 0.15) is 48.9 Å². The van der Waals surface area contributed by atoms with Gasteiger partial charge in [-0.25, -0.2) is 14.6 Å². The average molecular weight is 638 g/mol. The quantitative estimate of drug-likeness (QED) is 0.118. The zero-order valence-corrected chi connectivity index (χ0v) is 25.2. The van der Waals surface area contributed by atoms with Crippen molar-refractivity contribution in [3.8, 4) is 0 Å². The van der Waals surface area contributed by atoms with E-state index < -0.39 is 45.8 Å². The van der Waals surface area contributed by atoms with Gasteiger partial charge in [-0.3, -0.25) is 14.4 Å². The number of aromatic amines is 1. The van der Waals surface area contributed by atoms with Crippen molar-refractivity contribution in [2.45, 2.75) is 30.5 Å². The van der Waals surface area contributed by atoms with E-state index in [0.29, 0.717) is 0 Å². The number of fused-ring (bicyclic) bond motifs is 2. The maximum atomic E-state index is 12.9. The number of carbonyl (C=O) groups is 5. The van der Waals surface area contributed by atoms with Gasteiger partial charge < -0.3 is 30.0 Å². The van der Waals surface area contributed by atoms with Gasteiger partial charge in [0.05, 0.1) is 12.0 Å². The van der Waals surface area contributed by atoms with E-state index in [2.05, 4.69) is 16.0 Å². The van der Waals surface area contributed by atoms with Crippen LogP contribution < -0.4 is 0 Å². The number of carboxylic acids is 2. The first kappa shape index (κ1) is 32.7. The molecule has 5 N–H and O–H groups in total. The van der Waals surface area contributed by atoms with Crippen LogP contribution in [0.2, 0.25) is 0 Å². The number of benzene rings is 3. The Labute approximate surface area is 267 Å². The normalized spacial score (nSPS) is 16.4. The molecule has 1 aliphatic carbocycles. The molecule has 0 bridgehead atoms. The lowest BCUT2D eigenvalue weighted by molar-refractivity contribution is -0.187. The first-order valence-corrected chi connectivity index (χ1v) is 14.6. The van der Waals surface area contributed by atoms with Crippen LogP contribution in [0.25, 0.3) is 10.9 Å². The number of carboxylic acid groups (broad SMARTS) is 2. The number of nitrogens with one attached hydrogen (secondary N) is 1. The zero-order chi connectivity index (χ0) is 33.9. The molecule has 3 atom stereocenters. The molecule has 0 radical (unpaired) electrons. The third-order valence-electron chi connectivity index (χ3n) is 8.39. The molecule has 5 aromatic rings. The molecule has 1 aliphatic rings. The van der Waals surface area contributed by atoms with Crippen molar-refractivity contribution in [1.82, 2.24) is 14.5 Å². The van der Waals surface area contributed by atoms with Gasteiger partial charge in [0.2, 0.25) is 11.6 Å². The average Bonchev–Trinajstić information content (AvgIpc) is 3.71. The molecular weight excluding hydrogens is 606 g/mol. The van der Waals surface area contributed by atoms with Gasteiger partial charge in [0.1, 0.15) is 0 Å². The molecule has 0 amide bonds. The van der Waals surface area contributed by atoms with Crippen molar-refractivity contribution in [3.63, 3.8) is 0 Å². The second-order valence-corrected chi connectivity index (χ2v) is 11.2.